The Morgan fingerprint density at radius 1 is 1.42 bits per heavy atom. The highest BCUT2D eigenvalue weighted by Crippen LogP contribution is 2.32. The Balaban J connectivity index is 1.76. The molecular formula is C19H31N3O2. The van der Waals surface area contributed by atoms with Crippen LogP contribution in [-0.2, 0) is 11.2 Å². The van der Waals surface area contributed by atoms with E-state index < -0.39 is 5.60 Å². The third-order valence-electron chi connectivity index (χ3n) is 4.27. The predicted molar refractivity (Wildman–Crippen MR) is 98.0 cm³/mol. The molecule has 1 atom stereocenters. The van der Waals surface area contributed by atoms with Crippen LogP contribution < -0.4 is 11.1 Å². The Morgan fingerprint density at radius 3 is 2.83 bits per heavy atom. The van der Waals surface area contributed by atoms with E-state index in [1.165, 1.54) is 11.1 Å². The first kappa shape index (κ1) is 18.6. The van der Waals surface area contributed by atoms with Gasteiger partial charge in [-0.1, -0.05) is 6.07 Å². The Labute approximate surface area is 145 Å². The highest BCUT2D eigenvalue weighted by molar-refractivity contribution is 5.68. The van der Waals surface area contributed by atoms with Crippen molar-refractivity contribution in [3.8, 4) is 0 Å². The third-order valence-corrected chi connectivity index (χ3v) is 4.27. The molecule has 0 aliphatic heterocycles. The van der Waals surface area contributed by atoms with E-state index in [0.29, 0.717) is 19.1 Å². The molecule has 1 amide bonds. The van der Waals surface area contributed by atoms with E-state index in [1.807, 2.05) is 33.8 Å². The zero-order valence-corrected chi connectivity index (χ0v) is 15.4. The minimum atomic E-state index is -0.446. The Bertz CT molecular complexity index is 566. The molecule has 0 saturated heterocycles. The predicted octanol–water partition coefficient (Wildman–Crippen LogP) is 3.49. The summed E-state index contributed by atoms with van der Waals surface area (Å²) in [6, 6.07) is 6.59. The fourth-order valence-electron chi connectivity index (χ4n) is 3.10. The topological polar surface area (TPSA) is 67.6 Å². The zero-order valence-electron chi connectivity index (χ0n) is 15.4. The molecule has 0 aromatic heterocycles. The van der Waals surface area contributed by atoms with Crippen LogP contribution >= 0.6 is 0 Å². The number of ether oxygens (including phenoxy) is 1. The number of nitrogen functional groups attached to an aromatic ring is 1. The van der Waals surface area contributed by atoms with Crippen LogP contribution in [0, 0.1) is 0 Å². The first-order valence-electron chi connectivity index (χ1n) is 8.89. The molecule has 5 nitrogen and oxygen atoms in total. The second kappa shape index (κ2) is 7.88. The Kier molecular flexibility index (Phi) is 6.10. The van der Waals surface area contributed by atoms with Crippen LogP contribution in [0.15, 0.2) is 18.2 Å². The van der Waals surface area contributed by atoms with E-state index in [2.05, 4.69) is 17.4 Å². The fraction of sp³-hybridized carbons (Fsp3) is 0.632. The van der Waals surface area contributed by atoms with Crippen LogP contribution in [0.5, 0.6) is 0 Å². The second-order valence-corrected chi connectivity index (χ2v) is 7.42. The number of nitrogens with zero attached hydrogens (tertiary/aromatic N) is 1. The monoisotopic (exact) mass is 333 g/mol. The maximum Gasteiger partial charge on any atom is 0.410 e. The third kappa shape index (κ3) is 5.13. The van der Waals surface area contributed by atoms with Crippen LogP contribution in [0.3, 0.4) is 0 Å². The quantitative estimate of drug-likeness (QED) is 0.618. The maximum absolute atomic E-state index is 12.1. The molecule has 1 aliphatic rings. The number of hydrogen-bond donors (Lipinski definition) is 2. The Hall–Kier alpha value is -1.75. The fourth-order valence-corrected chi connectivity index (χ4v) is 3.10. The van der Waals surface area contributed by atoms with Crippen molar-refractivity contribution in [1.82, 2.24) is 10.2 Å². The standard InChI is InChI=1S/C19H31N3O2/c1-5-22(18(23)24-19(2,3)4)12-6-11-21-17-10-7-14-13-15(20)8-9-16(14)17/h8-9,13,17,21H,5-7,10-12,20H2,1-4H3. The summed E-state index contributed by atoms with van der Waals surface area (Å²) < 4.78 is 5.43. The van der Waals surface area contributed by atoms with Crippen molar-refractivity contribution in [2.24, 2.45) is 0 Å². The molecule has 1 aromatic rings. The molecule has 1 aromatic carbocycles. The van der Waals surface area contributed by atoms with E-state index in [9.17, 15) is 4.79 Å². The number of anilines is 1. The molecule has 0 saturated carbocycles. The van der Waals surface area contributed by atoms with E-state index in [1.54, 1.807) is 4.90 Å². The van der Waals surface area contributed by atoms with Gasteiger partial charge in [-0.25, -0.2) is 4.79 Å². The van der Waals surface area contributed by atoms with Gasteiger partial charge in [0.1, 0.15) is 5.60 Å². The second-order valence-electron chi connectivity index (χ2n) is 7.42. The molecule has 1 unspecified atom stereocenters. The van der Waals surface area contributed by atoms with E-state index in [-0.39, 0.29) is 6.09 Å². The van der Waals surface area contributed by atoms with Crippen molar-refractivity contribution in [1.29, 1.82) is 0 Å². The number of aryl methyl sites for hydroxylation is 1. The normalized spacial score (nSPS) is 16.8. The molecule has 0 radical (unpaired) electrons. The van der Waals surface area contributed by atoms with E-state index >= 15 is 0 Å². The van der Waals surface area contributed by atoms with Crippen molar-refractivity contribution < 1.29 is 9.53 Å². The molecule has 2 rings (SSSR count). The molecule has 0 fully saturated rings. The lowest BCUT2D eigenvalue weighted by atomic mass is 10.1. The van der Waals surface area contributed by atoms with E-state index in [0.717, 1.165) is 31.5 Å². The number of carbonyl (C=O) groups is 1. The van der Waals surface area contributed by atoms with Crippen molar-refractivity contribution >= 4 is 11.8 Å². The van der Waals surface area contributed by atoms with Crippen molar-refractivity contribution in [3.63, 3.8) is 0 Å². The summed E-state index contributed by atoms with van der Waals surface area (Å²) >= 11 is 0. The molecule has 5 heteroatoms. The summed E-state index contributed by atoms with van der Waals surface area (Å²) in [5, 5.41) is 3.60. The number of benzene rings is 1. The summed E-state index contributed by atoms with van der Waals surface area (Å²) in [7, 11) is 0. The average Bonchev–Trinajstić information content (AvgIpc) is 2.87. The lowest BCUT2D eigenvalue weighted by Gasteiger charge is -2.26. The molecule has 3 N–H and O–H groups in total. The lowest BCUT2D eigenvalue weighted by Crippen LogP contribution is -2.38. The van der Waals surface area contributed by atoms with Gasteiger partial charge in [0.15, 0.2) is 0 Å². The molecular weight excluding hydrogens is 302 g/mol. The molecule has 0 spiro atoms. The van der Waals surface area contributed by atoms with Crippen LogP contribution in [0.4, 0.5) is 10.5 Å². The summed E-state index contributed by atoms with van der Waals surface area (Å²) in [4.78, 5) is 13.9. The number of amides is 1. The highest BCUT2D eigenvalue weighted by atomic mass is 16.6. The van der Waals surface area contributed by atoms with Gasteiger partial charge in [0.25, 0.3) is 0 Å². The van der Waals surface area contributed by atoms with Gasteiger partial charge in [-0.2, -0.15) is 0 Å². The van der Waals surface area contributed by atoms with Gasteiger partial charge in [-0.3, -0.25) is 0 Å². The van der Waals surface area contributed by atoms with Crippen LogP contribution in [-0.4, -0.2) is 36.2 Å². The van der Waals surface area contributed by atoms with Crippen LogP contribution in [0.1, 0.15) is 57.7 Å². The number of nitrogens with two attached hydrogens (primary N) is 1. The number of fused-ring (bicyclic) bond motifs is 1. The van der Waals surface area contributed by atoms with Crippen molar-refractivity contribution in [2.45, 2.75) is 58.6 Å². The van der Waals surface area contributed by atoms with Gasteiger partial charge in [-0.05, 0) is 76.8 Å². The summed E-state index contributed by atoms with van der Waals surface area (Å²) in [6.07, 6.45) is 2.87. The number of nitrogens with one attached hydrogen (secondary N) is 1. The first-order valence-corrected chi connectivity index (χ1v) is 8.89. The average molecular weight is 333 g/mol. The summed E-state index contributed by atoms with van der Waals surface area (Å²) in [6.45, 7) is 9.92. The number of rotatable bonds is 6. The van der Waals surface area contributed by atoms with Gasteiger partial charge < -0.3 is 20.7 Å². The van der Waals surface area contributed by atoms with E-state index in [4.69, 9.17) is 10.5 Å². The number of carbonyl (C=O) groups excluding carboxylic acids is 1. The van der Waals surface area contributed by atoms with Crippen molar-refractivity contribution in [3.05, 3.63) is 29.3 Å². The summed E-state index contributed by atoms with van der Waals surface area (Å²) in [5.74, 6) is 0. The molecule has 0 heterocycles. The van der Waals surface area contributed by atoms with Gasteiger partial charge in [0.05, 0.1) is 0 Å². The molecule has 1 aliphatic carbocycles. The smallest absolute Gasteiger partial charge is 0.410 e. The minimum Gasteiger partial charge on any atom is -0.444 e. The Morgan fingerprint density at radius 2 is 2.17 bits per heavy atom. The SMILES string of the molecule is CCN(CCCNC1CCc2cc(N)ccc21)C(=O)OC(C)(C)C. The minimum absolute atomic E-state index is 0.230. The zero-order chi connectivity index (χ0) is 17.7. The van der Waals surface area contributed by atoms with Gasteiger partial charge in [-0.15, -0.1) is 0 Å². The molecule has 134 valence electrons. The highest BCUT2D eigenvalue weighted by Gasteiger charge is 2.23. The van der Waals surface area contributed by atoms with Crippen LogP contribution in [0.25, 0.3) is 0 Å². The molecule has 0 bridgehead atoms. The lowest BCUT2D eigenvalue weighted by molar-refractivity contribution is 0.0258. The van der Waals surface area contributed by atoms with Crippen LogP contribution in [0.2, 0.25) is 0 Å². The molecule has 24 heavy (non-hydrogen) atoms. The van der Waals surface area contributed by atoms with Gasteiger partial charge >= 0.3 is 6.09 Å². The first-order chi connectivity index (χ1) is 11.3. The number of hydrogen-bond acceptors (Lipinski definition) is 4. The van der Waals surface area contributed by atoms with Crippen molar-refractivity contribution in [2.75, 3.05) is 25.4 Å². The largest absolute Gasteiger partial charge is 0.444 e. The van der Waals surface area contributed by atoms with Gasteiger partial charge in [0, 0.05) is 24.8 Å². The maximum atomic E-state index is 12.1. The summed E-state index contributed by atoms with van der Waals surface area (Å²) in [5.41, 5.74) is 8.96. The van der Waals surface area contributed by atoms with Gasteiger partial charge in [0.2, 0.25) is 0 Å².